The summed E-state index contributed by atoms with van der Waals surface area (Å²) in [6.45, 7) is 3.12. The lowest BCUT2D eigenvalue weighted by Crippen LogP contribution is -2.44. The van der Waals surface area contributed by atoms with Gasteiger partial charge in [-0.3, -0.25) is 4.79 Å². The molecule has 3 rings (SSSR count). The van der Waals surface area contributed by atoms with Crippen molar-refractivity contribution >= 4 is 51.4 Å². The maximum atomic E-state index is 12.1. The minimum atomic E-state index is -2.93. The van der Waals surface area contributed by atoms with Crippen LogP contribution < -0.4 is 16.0 Å². The van der Waals surface area contributed by atoms with Crippen LogP contribution in [0, 0.1) is 5.92 Å². The van der Waals surface area contributed by atoms with Crippen LogP contribution in [0.15, 0.2) is 29.3 Å². The van der Waals surface area contributed by atoms with Gasteiger partial charge in [-0.15, -0.1) is 24.0 Å². The van der Waals surface area contributed by atoms with Crippen molar-refractivity contribution in [3.63, 3.8) is 0 Å². The van der Waals surface area contributed by atoms with E-state index in [1.807, 2.05) is 31.2 Å². The van der Waals surface area contributed by atoms with Crippen molar-refractivity contribution < 1.29 is 13.2 Å². The number of halogens is 1. The second-order valence-electron chi connectivity index (χ2n) is 7.26. The van der Waals surface area contributed by atoms with Crippen LogP contribution >= 0.6 is 24.0 Å². The summed E-state index contributed by atoms with van der Waals surface area (Å²) >= 11 is 0. The van der Waals surface area contributed by atoms with Gasteiger partial charge in [-0.05, 0) is 43.9 Å². The molecule has 1 aromatic rings. The van der Waals surface area contributed by atoms with E-state index in [1.54, 1.807) is 0 Å². The summed E-state index contributed by atoms with van der Waals surface area (Å²) in [7, 11) is -2.93. The number of hydrogen-bond acceptors (Lipinski definition) is 4. The number of amides is 1. The SMILES string of the molecule is CCNC(=NCc1cccc(NC(=O)C2CCC2)c1)NC1CCS(=O)(=O)C1.I. The topological polar surface area (TPSA) is 99.7 Å². The van der Waals surface area contributed by atoms with E-state index in [1.165, 1.54) is 0 Å². The Hall–Kier alpha value is -1.36. The first-order valence-electron chi connectivity index (χ1n) is 9.60. The molecule has 0 aromatic heterocycles. The minimum Gasteiger partial charge on any atom is -0.357 e. The summed E-state index contributed by atoms with van der Waals surface area (Å²) in [5.41, 5.74) is 1.78. The van der Waals surface area contributed by atoms with Crippen molar-refractivity contribution in [1.29, 1.82) is 0 Å². The molecule has 0 bridgehead atoms. The first kappa shape index (κ1) is 22.9. The van der Waals surface area contributed by atoms with Gasteiger partial charge >= 0.3 is 0 Å². The Bertz CT molecular complexity index is 809. The first-order valence-corrected chi connectivity index (χ1v) is 11.4. The van der Waals surface area contributed by atoms with Crippen molar-refractivity contribution in [2.75, 3.05) is 23.4 Å². The summed E-state index contributed by atoms with van der Waals surface area (Å²) in [6.07, 6.45) is 3.69. The number of benzene rings is 1. The minimum absolute atomic E-state index is 0. The van der Waals surface area contributed by atoms with Crippen LogP contribution in [0.2, 0.25) is 0 Å². The summed E-state index contributed by atoms with van der Waals surface area (Å²) < 4.78 is 23.2. The molecular formula is C19H29IN4O3S. The van der Waals surface area contributed by atoms with Gasteiger partial charge in [-0.25, -0.2) is 13.4 Å². The maximum Gasteiger partial charge on any atom is 0.227 e. The average molecular weight is 520 g/mol. The van der Waals surface area contributed by atoms with E-state index in [9.17, 15) is 13.2 Å². The highest BCUT2D eigenvalue weighted by Gasteiger charge is 2.28. The van der Waals surface area contributed by atoms with Crippen LogP contribution in [0.3, 0.4) is 0 Å². The van der Waals surface area contributed by atoms with E-state index in [2.05, 4.69) is 20.9 Å². The monoisotopic (exact) mass is 520 g/mol. The summed E-state index contributed by atoms with van der Waals surface area (Å²) in [5.74, 6) is 1.24. The van der Waals surface area contributed by atoms with Crippen molar-refractivity contribution in [3.8, 4) is 0 Å². The number of nitrogens with one attached hydrogen (secondary N) is 3. The number of guanidine groups is 1. The Morgan fingerprint density at radius 2 is 2.04 bits per heavy atom. The standard InChI is InChI=1S/C19H28N4O3S.HI/c1-2-20-19(23-17-9-10-27(25,26)13-17)21-12-14-5-3-8-16(11-14)22-18(24)15-6-4-7-15;/h3,5,8,11,15,17H,2,4,6-7,9-10,12-13H2,1H3,(H,22,24)(H2,20,21,23);1H. The van der Waals surface area contributed by atoms with E-state index in [0.717, 1.165) is 30.5 Å². The van der Waals surface area contributed by atoms with Gasteiger partial charge in [0.2, 0.25) is 5.91 Å². The van der Waals surface area contributed by atoms with Gasteiger partial charge in [-0.1, -0.05) is 18.6 Å². The predicted octanol–water partition coefficient (Wildman–Crippen LogP) is 2.29. The van der Waals surface area contributed by atoms with Crippen molar-refractivity contribution in [2.24, 2.45) is 10.9 Å². The van der Waals surface area contributed by atoms with Crippen LogP contribution in [-0.2, 0) is 21.2 Å². The predicted molar refractivity (Wildman–Crippen MR) is 123 cm³/mol. The lowest BCUT2D eigenvalue weighted by molar-refractivity contribution is -0.122. The Morgan fingerprint density at radius 1 is 1.25 bits per heavy atom. The third-order valence-electron chi connectivity index (χ3n) is 5.01. The molecule has 1 unspecified atom stereocenters. The lowest BCUT2D eigenvalue weighted by atomic mass is 9.85. The third-order valence-corrected chi connectivity index (χ3v) is 6.78. The largest absolute Gasteiger partial charge is 0.357 e. The highest BCUT2D eigenvalue weighted by atomic mass is 127. The van der Waals surface area contributed by atoms with E-state index >= 15 is 0 Å². The number of anilines is 1. The Kier molecular flexibility index (Phi) is 8.54. The molecule has 1 atom stereocenters. The van der Waals surface area contributed by atoms with Crippen molar-refractivity contribution in [1.82, 2.24) is 10.6 Å². The van der Waals surface area contributed by atoms with E-state index in [4.69, 9.17) is 0 Å². The molecule has 1 amide bonds. The smallest absolute Gasteiger partial charge is 0.227 e. The fraction of sp³-hybridized carbons (Fsp3) is 0.579. The lowest BCUT2D eigenvalue weighted by Gasteiger charge is -2.24. The number of hydrogen-bond donors (Lipinski definition) is 3. The molecule has 2 fully saturated rings. The van der Waals surface area contributed by atoms with Crippen molar-refractivity contribution in [2.45, 2.75) is 45.2 Å². The molecule has 1 aliphatic carbocycles. The van der Waals surface area contributed by atoms with Gasteiger partial charge in [0.1, 0.15) is 0 Å². The fourth-order valence-electron chi connectivity index (χ4n) is 3.25. The molecule has 1 saturated carbocycles. The van der Waals surface area contributed by atoms with E-state index in [-0.39, 0.29) is 53.3 Å². The normalized spacial score (nSPS) is 21.3. The molecule has 1 saturated heterocycles. The number of rotatable bonds is 6. The first-order chi connectivity index (χ1) is 12.9. The molecule has 9 heteroatoms. The fourth-order valence-corrected chi connectivity index (χ4v) is 4.93. The van der Waals surface area contributed by atoms with Crippen LogP contribution in [-0.4, -0.2) is 44.4 Å². The molecule has 0 spiro atoms. The van der Waals surface area contributed by atoms with E-state index < -0.39 is 9.84 Å². The quantitative estimate of drug-likeness (QED) is 0.304. The van der Waals surface area contributed by atoms with Gasteiger partial charge in [0.15, 0.2) is 15.8 Å². The second-order valence-corrected chi connectivity index (χ2v) is 9.49. The van der Waals surface area contributed by atoms with Gasteiger partial charge in [0.25, 0.3) is 0 Å². The molecule has 1 heterocycles. The number of sulfone groups is 1. The number of carbonyl (C=O) groups is 1. The zero-order valence-electron chi connectivity index (χ0n) is 16.1. The molecule has 2 aliphatic rings. The summed E-state index contributed by atoms with van der Waals surface area (Å²) in [4.78, 5) is 16.7. The molecule has 1 aliphatic heterocycles. The Balaban J connectivity index is 0.00000280. The summed E-state index contributed by atoms with van der Waals surface area (Å²) in [6, 6.07) is 7.60. The van der Waals surface area contributed by atoms with E-state index in [0.29, 0.717) is 25.5 Å². The van der Waals surface area contributed by atoms with Crippen LogP contribution in [0.5, 0.6) is 0 Å². The molecule has 7 nitrogen and oxygen atoms in total. The number of carbonyl (C=O) groups excluding carboxylic acids is 1. The maximum absolute atomic E-state index is 12.1. The van der Waals surface area contributed by atoms with Crippen LogP contribution in [0.25, 0.3) is 0 Å². The highest BCUT2D eigenvalue weighted by Crippen LogP contribution is 2.27. The zero-order valence-corrected chi connectivity index (χ0v) is 19.3. The van der Waals surface area contributed by atoms with Crippen molar-refractivity contribution in [3.05, 3.63) is 29.8 Å². The zero-order chi connectivity index (χ0) is 19.3. The summed E-state index contributed by atoms with van der Waals surface area (Å²) in [5, 5.41) is 9.35. The molecule has 0 radical (unpaired) electrons. The average Bonchev–Trinajstić information content (AvgIpc) is 2.90. The molecule has 1 aromatic carbocycles. The molecule has 28 heavy (non-hydrogen) atoms. The van der Waals surface area contributed by atoms with Gasteiger partial charge in [0, 0.05) is 24.2 Å². The molecule has 3 N–H and O–H groups in total. The highest BCUT2D eigenvalue weighted by molar-refractivity contribution is 14.0. The van der Waals surface area contributed by atoms with Gasteiger partial charge in [0.05, 0.1) is 18.1 Å². The molecule has 156 valence electrons. The van der Waals surface area contributed by atoms with Crippen LogP contribution in [0.4, 0.5) is 5.69 Å². The Labute approximate surface area is 184 Å². The Morgan fingerprint density at radius 3 is 2.64 bits per heavy atom. The second kappa shape index (κ2) is 10.4. The van der Waals surface area contributed by atoms with Gasteiger partial charge in [-0.2, -0.15) is 0 Å². The molecular weight excluding hydrogens is 491 g/mol. The number of nitrogens with zero attached hydrogens (tertiary/aromatic N) is 1. The van der Waals surface area contributed by atoms with Crippen LogP contribution in [0.1, 0.15) is 38.2 Å². The van der Waals surface area contributed by atoms with Gasteiger partial charge < -0.3 is 16.0 Å². The third kappa shape index (κ3) is 6.61. The number of aliphatic imine (C=N–C) groups is 1.